The standard InChI is InChI=1S/C17H15N3O/c1-11-10-16(12-6-2-4-8-14(12)19-11)20-15-9-5-3-7-13(15)17(18)21/h2-10H,1H3,(H2,18,21)(H,19,20). The van der Waals surface area contributed by atoms with Crippen LogP contribution in [0.25, 0.3) is 10.9 Å². The molecule has 0 unspecified atom stereocenters. The van der Waals surface area contributed by atoms with Crippen LogP contribution in [-0.4, -0.2) is 10.9 Å². The summed E-state index contributed by atoms with van der Waals surface area (Å²) in [7, 11) is 0. The van der Waals surface area contributed by atoms with E-state index in [2.05, 4.69) is 10.3 Å². The molecule has 1 aromatic heterocycles. The lowest BCUT2D eigenvalue weighted by Gasteiger charge is -2.13. The van der Waals surface area contributed by atoms with Crippen LogP contribution in [0.2, 0.25) is 0 Å². The Morgan fingerprint density at radius 3 is 2.57 bits per heavy atom. The molecule has 0 spiro atoms. The van der Waals surface area contributed by atoms with Gasteiger partial charge in [0, 0.05) is 16.8 Å². The normalized spacial score (nSPS) is 10.5. The van der Waals surface area contributed by atoms with Gasteiger partial charge >= 0.3 is 0 Å². The summed E-state index contributed by atoms with van der Waals surface area (Å²) < 4.78 is 0. The molecule has 0 saturated heterocycles. The number of benzene rings is 2. The van der Waals surface area contributed by atoms with Crippen molar-refractivity contribution >= 4 is 28.2 Å². The zero-order valence-corrected chi connectivity index (χ0v) is 11.6. The third-order valence-corrected chi connectivity index (χ3v) is 3.31. The fourth-order valence-electron chi connectivity index (χ4n) is 2.36. The van der Waals surface area contributed by atoms with Gasteiger partial charge in [0.2, 0.25) is 0 Å². The number of nitrogens with two attached hydrogens (primary N) is 1. The second-order valence-corrected chi connectivity index (χ2v) is 4.86. The van der Waals surface area contributed by atoms with E-state index in [1.165, 1.54) is 0 Å². The van der Waals surface area contributed by atoms with Crippen molar-refractivity contribution < 1.29 is 4.79 Å². The van der Waals surface area contributed by atoms with Crippen LogP contribution in [-0.2, 0) is 0 Å². The minimum atomic E-state index is -0.451. The number of hydrogen-bond acceptors (Lipinski definition) is 3. The SMILES string of the molecule is Cc1cc(Nc2ccccc2C(N)=O)c2ccccc2n1. The predicted molar refractivity (Wildman–Crippen MR) is 84.7 cm³/mol. The van der Waals surface area contributed by atoms with Gasteiger partial charge in [-0.2, -0.15) is 0 Å². The van der Waals surface area contributed by atoms with Gasteiger partial charge in [-0.15, -0.1) is 0 Å². The first-order valence-electron chi connectivity index (χ1n) is 6.67. The van der Waals surface area contributed by atoms with Gasteiger partial charge in [0.1, 0.15) is 0 Å². The van der Waals surface area contributed by atoms with Gasteiger partial charge in [0.25, 0.3) is 5.91 Å². The quantitative estimate of drug-likeness (QED) is 0.771. The van der Waals surface area contributed by atoms with Crippen molar-refractivity contribution in [3.05, 3.63) is 65.9 Å². The minimum Gasteiger partial charge on any atom is -0.366 e. The molecule has 0 radical (unpaired) electrons. The van der Waals surface area contributed by atoms with Crippen LogP contribution in [0.4, 0.5) is 11.4 Å². The van der Waals surface area contributed by atoms with Crippen molar-refractivity contribution in [1.29, 1.82) is 0 Å². The molecule has 3 N–H and O–H groups in total. The molecular weight excluding hydrogens is 262 g/mol. The van der Waals surface area contributed by atoms with Crippen LogP contribution in [0.3, 0.4) is 0 Å². The highest BCUT2D eigenvalue weighted by atomic mass is 16.1. The molecule has 0 atom stereocenters. The summed E-state index contributed by atoms with van der Waals surface area (Å²) >= 11 is 0. The Bertz CT molecular complexity index is 827. The maximum atomic E-state index is 11.5. The van der Waals surface area contributed by atoms with E-state index in [1.807, 2.05) is 49.4 Å². The third-order valence-electron chi connectivity index (χ3n) is 3.31. The van der Waals surface area contributed by atoms with E-state index in [0.717, 1.165) is 22.3 Å². The summed E-state index contributed by atoms with van der Waals surface area (Å²) in [5, 5.41) is 4.30. The van der Waals surface area contributed by atoms with Crippen molar-refractivity contribution in [2.75, 3.05) is 5.32 Å². The lowest BCUT2D eigenvalue weighted by atomic mass is 10.1. The number of aryl methyl sites for hydroxylation is 1. The molecule has 2 aromatic carbocycles. The lowest BCUT2D eigenvalue weighted by molar-refractivity contribution is 0.100. The molecule has 0 aliphatic carbocycles. The molecule has 4 heteroatoms. The van der Waals surface area contributed by atoms with Crippen LogP contribution in [0, 0.1) is 6.92 Å². The Labute approximate surface area is 122 Å². The topological polar surface area (TPSA) is 68.0 Å². The van der Waals surface area contributed by atoms with Crippen LogP contribution >= 0.6 is 0 Å². The molecule has 0 fully saturated rings. The summed E-state index contributed by atoms with van der Waals surface area (Å²) in [6.07, 6.45) is 0. The summed E-state index contributed by atoms with van der Waals surface area (Å²) in [4.78, 5) is 16.0. The Kier molecular flexibility index (Phi) is 3.28. The van der Waals surface area contributed by atoms with Gasteiger partial charge in [-0.3, -0.25) is 9.78 Å². The number of pyridine rings is 1. The van der Waals surface area contributed by atoms with E-state index in [4.69, 9.17) is 5.73 Å². The Morgan fingerprint density at radius 1 is 1.05 bits per heavy atom. The zero-order chi connectivity index (χ0) is 14.8. The van der Waals surface area contributed by atoms with E-state index < -0.39 is 5.91 Å². The molecular formula is C17H15N3O. The molecule has 4 nitrogen and oxygen atoms in total. The highest BCUT2D eigenvalue weighted by molar-refractivity contribution is 6.01. The molecule has 3 rings (SSSR count). The van der Waals surface area contributed by atoms with Gasteiger partial charge in [-0.05, 0) is 31.2 Å². The van der Waals surface area contributed by atoms with Gasteiger partial charge in [-0.25, -0.2) is 0 Å². The van der Waals surface area contributed by atoms with Gasteiger partial charge < -0.3 is 11.1 Å². The number of nitrogens with zero attached hydrogens (tertiary/aromatic N) is 1. The van der Waals surface area contributed by atoms with Crippen molar-refractivity contribution in [3.8, 4) is 0 Å². The first-order chi connectivity index (χ1) is 10.1. The number of anilines is 2. The number of primary amides is 1. The van der Waals surface area contributed by atoms with Crippen LogP contribution in [0.5, 0.6) is 0 Å². The largest absolute Gasteiger partial charge is 0.366 e. The second kappa shape index (κ2) is 5.25. The third kappa shape index (κ3) is 2.56. The smallest absolute Gasteiger partial charge is 0.250 e. The average Bonchev–Trinajstić information content (AvgIpc) is 2.47. The predicted octanol–water partition coefficient (Wildman–Crippen LogP) is 3.39. The maximum absolute atomic E-state index is 11.5. The van der Waals surface area contributed by atoms with E-state index in [1.54, 1.807) is 12.1 Å². The number of carbonyl (C=O) groups excluding carboxylic acids is 1. The number of para-hydroxylation sites is 2. The highest BCUT2D eigenvalue weighted by Crippen LogP contribution is 2.27. The summed E-state index contributed by atoms with van der Waals surface area (Å²) in [6, 6.07) is 17.0. The van der Waals surface area contributed by atoms with Gasteiger partial charge in [0.05, 0.1) is 16.8 Å². The van der Waals surface area contributed by atoms with Gasteiger partial charge in [-0.1, -0.05) is 30.3 Å². The van der Waals surface area contributed by atoms with Gasteiger partial charge in [0.15, 0.2) is 0 Å². The van der Waals surface area contributed by atoms with Crippen molar-refractivity contribution in [2.45, 2.75) is 6.92 Å². The monoisotopic (exact) mass is 277 g/mol. The van der Waals surface area contributed by atoms with Crippen molar-refractivity contribution in [1.82, 2.24) is 4.98 Å². The second-order valence-electron chi connectivity index (χ2n) is 4.86. The molecule has 1 heterocycles. The molecule has 0 bridgehead atoms. The first-order valence-corrected chi connectivity index (χ1v) is 6.67. The molecule has 0 saturated carbocycles. The Morgan fingerprint density at radius 2 is 1.76 bits per heavy atom. The Balaban J connectivity index is 2.13. The first kappa shape index (κ1) is 13.1. The minimum absolute atomic E-state index is 0.451. The number of nitrogens with one attached hydrogen (secondary N) is 1. The Hall–Kier alpha value is -2.88. The summed E-state index contributed by atoms with van der Waals surface area (Å²) in [6.45, 7) is 1.94. The molecule has 0 aliphatic heterocycles. The van der Waals surface area contributed by atoms with Crippen LogP contribution in [0.15, 0.2) is 54.6 Å². The fraction of sp³-hybridized carbons (Fsp3) is 0.0588. The number of carbonyl (C=O) groups is 1. The zero-order valence-electron chi connectivity index (χ0n) is 11.6. The summed E-state index contributed by atoms with van der Waals surface area (Å²) in [5.41, 5.74) is 9.32. The maximum Gasteiger partial charge on any atom is 0.250 e. The number of fused-ring (bicyclic) bond motifs is 1. The average molecular weight is 277 g/mol. The molecule has 21 heavy (non-hydrogen) atoms. The summed E-state index contributed by atoms with van der Waals surface area (Å²) in [5.74, 6) is -0.451. The fourth-order valence-corrected chi connectivity index (χ4v) is 2.36. The lowest BCUT2D eigenvalue weighted by Crippen LogP contribution is -2.13. The van der Waals surface area contributed by atoms with E-state index in [-0.39, 0.29) is 0 Å². The number of hydrogen-bond donors (Lipinski definition) is 2. The van der Waals surface area contributed by atoms with E-state index >= 15 is 0 Å². The van der Waals surface area contributed by atoms with Crippen LogP contribution < -0.4 is 11.1 Å². The molecule has 0 aliphatic rings. The molecule has 104 valence electrons. The van der Waals surface area contributed by atoms with E-state index in [0.29, 0.717) is 11.3 Å². The van der Waals surface area contributed by atoms with Crippen molar-refractivity contribution in [2.24, 2.45) is 5.73 Å². The molecule has 3 aromatic rings. The highest BCUT2D eigenvalue weighted by Gasteiger charge is 2.09. The van der Waals surface area contributed by atoms with E-state index in [9.17, 15) is 4.79 Å². The van der Waals surface area contributed by atoms with Crippen LogP contribution in [0.1, 0.15) is 16.1 Å². The molecule has 1 amide bonds. The number of rotatable bonds is 3. The number of amides is 1. The van der Waals surface area contributed by atoms with Crippen molar-refractivity contribution in [3.63, 3.8) is 0 Å². The number of aromatic nitrogens is 1.